The number of phenolic OH excluding ortho intramolecular Hbond substituents is 1. The van der Waals surface area contributed by atoms with Crippen LogP contribution in [0.15, 0.2) is 89.9 Å². The van der Waals surface area contributed by atoms with E-state index in [0.717, 1.165) is 33.2 Å². The minimum atomic E-state index is -0.587. The van der Waals surface area contributed by atoms with Crippen LogP contribution >= 0.6 is 11.6 Å². The van der Waals surface area contributed by atoms with Crippen LogP contribution in [-0.2, 0) is 11.2 Å². The maximum Gasteiger partial charge on any atom is 0.251 e. The Morgan fingerprint density at radius 1 is 0.973 bits per heavy atom. The highest BCUT2D eigenvalue weighted by molar-refractivity contribution is 6.32. The number of benzodiazepines with no additional fused rings is 1. The third kappa shape index (κ3) is 6.17. The van der Waals surface area contributed by atoms with Gasteiger partial charge in [0.2, 0.25) is 0 Å². The zero-order valence-electron chi connectivity index (χ0n) is 20.7. The number of carbonyl (C=O) groups excluding carboxylic acids is 1. The summed E-state index contributed by atoms with van der Waals surface area (Å²) < 4.78 is 0. The number of anilines is 1. The number of benzene rings is 4. The molecule has 190 valence electrons. The number of carbonyl (C=O) groups is 1. The zero-order valence-corrected chi connectivity index (χ0v) is 21.4. The molecule has 2 unspecified atom stereocenters. The van der Waals surface area contributed by atoms with Crippen molar-refractivity contribution in [2.24, 2.45) is 4.99 Å². The number of aliphatic hydroxyl groups excluding tert-OH is 2. The van der Waals surface area contributed by atoms with Gasteiger partial charge in [0.25, 0.3) is 5.91 Å². The Bertz CT molecular complexity index is 1430. The van der Waals surface area contributed by atoms with Crippen LogP contribution in [0.4, 0.5) is 5.69 Å². The van der Waals surface area contributed by atoms with Crippen LogP contribution < -0.4 is 4.90 Å². The molecule has 7 heteroatoms. The molecule has 0 spiro atoms. The lowest BCUT2D eigenvalue weighted by atomic mass is 9.99. The molecule has 4 aromatic rings. The molecule has 0 fully saturated rings. The van der Waals surface area contributed by atoms with E-state index in [1.807, 2.05) is 36.4 Å². The highest BCUT2D eigenvalue weighted by atomic mass is 35.5. The van der Waals surface area contributed by atoms with E-state index in [2.05, 4.69) is 30.3 Å². The summed E-state index contributed by atoms with van der Waals surface area (Å²) in [5.74, 6) is 0.103. The Kier molecular flexibility index (Phi) is 8.24. The number of fused-ring (bicyclic) bond motifs is 2. The normalized spacial score (nSPS) is 15.8. The molecule has 0 radical (unpaired) electrons. The van der Waals surface area contributed by atoms with Gasteiger partial charge in [0.1, 0.15) is 11.8 Å². The maximum atomic E-state index is 13.4. The molecule has 0 saturated carbocycles. The number of aliphatic imine (C=N–C) groups is 1. The minimum Gasteiger partial charge on any atom is -0.508 e. The summed E-state index contributed by atoms with van der Waals surface area (Å²) in [4.78, 5) is 20.0. The van der Waals surface area contributed by atoms with Gasteiger partial charge in [0.15, 0.2) is 0 Å². The van der Waals surface area contributed by atoms with Gasteiger partial charge in [-0.05, 0) is 65.7 Å². The van der Waals surface area contributed by atoms with Gasteiger partial charge < -0.3 is 20.2 Å². The Hall–Kier alpha value is -3.71. The molecular weight excluding hydrogens is 488 g/mol. The molecule has 4 aromatic carbocycles. The van der Waals surface area contributed by atoms with E-state index in [4.69, 9.17) is 26.8 Å². The van der Waals surface area contributed by atoms with E-state index in [-0.39, 0.29) is 18.3 Å². The Morgan fingerprint density at radius 2 is 1.65 bits per heavy atom. The van der Waals surface area contributed by atoms with Crippen molar-refractivity contribution in [1.29, 1.82) is 0 Å². The molecule has 5 rings (SSSR count). The smallest absolute Gasteiger partial charge is 0.251 e. The van der Waals surface area contributed by atoms with E-state index in [0.29, 0.717) is 17.2 Å². The summed E-state index contributed by atoms with van der Waals surface area (Å²) in [6.45, 7) is 1.39. The predicted molar refractivity (Wildman–Crippen MR) is 149 cm³/mol. The molecule has 6 nitrogen and oxygen atoms in total. The quantitative estimate of drug-likeness (QED) is 0.356. The first-order chi connectivity index (χ1) is 17.8. The van der Waals surface area contributed by atoms with Gasteiger partial charge in [-0.15, -0.1) is 0 Å². The fraction of sp³-hybridized carbons (Fsp3) is 0.200. The second-order valence-corrected chi connectivity index (χ2v) is 9.45. The molecule has 1 aliphatic heterocycles. The number of likely N-dealkylation sites (N-methyl/N-ethyl adjacent to an activating group) is 1. The number of halogens is 1. The molecule has 37 heavy (non-hydrogen) atoms. The highest BCUT2D eigenvalue weighted by Gasteiger charge is 2.30. The Labute approximate surface area is 221 Å². The van der Waals surface area contributed by atoms with Crippen molar-refractivity contribution in [1.82, 2.24) is 0 Å². The first-order valence-corrected chi connectivity index (χ1v) is 12.4. The van der Waals surface area contributed by atoms with Crippen molar-refractivity contribution in [2.75, 3.05) is 18.6 Å². The van der Waals surface area contributed by atoms with E-state index >= 15 is 0 Å². The summed E-state index contributed by atoms with van der Waals surface area (Å²) >= 11 is 6.32. The number of hydrogen-bond donors (Lipinski definition) is 3. The summed E-state index contributed by atoms with van der Waals surface area (Å²) in [6, 6.07) is 26.2. The van der Waals surface area contributed by atoms with Crippen LogP contribution in [0.3, 0.4) is 0 Å². The van der Waals surface area contributed by atoms with Gasteiger partial charge in [0, 0.05) is 29.6 Å². The Morgan fingerprint density at radius 3 is 2.32 bits per heavy atom. The first kappa shape index (κ1) is 26.4. The summed E-state index contributed by atoms with van der Waals surface area (Å²) in [5.41, 5.74) is 4.10. The molecule has 0 bridgehead atoms. The fourth-order valence-corrected chi connectivity index (χ4v) is 4.36. The number of nitrogens with zero attached hydrogens (tertiary/aromatic N) is 2. The summed E-state index contributed by atoms with van der Waals surface area (Å²) in [6.07, 6.45) is -0.0767. The van der Waals surface area contributed by atoms with Crippen LogP contribution in [0.25, 0.3) is 10.8 Å². The summed E-state index contributed by atoms with van der Waals surface area (Å²) in [7, 11) is 1.78. The molecule has 1 aliphatic rings. The van der Waals surface area contributed by atoms with Gasteiger partial charge in [-0.25, -0.2) is 0 Å². The lowest BCUT2D eigenvalue weighted by Crippen LogP contribution is -2.36. The molecule has 2 atom stereocenters. The van der Waals surface area contributed by atoms with Crippen molar-refractivity contribution in [3.63, 3.8) is 0 Å². The maximum absolute atomic E-state index is 13.4. The average molecular weight is 517 g/mol. The van der Waals surface area contributed by atoms with E-state index < -0.39 is 12.1 Å². The second-order valence-electron chi connectivity index (χ2n) is 9.02. The van der Waals surface area contributed by atoms with E-state index in [1.54, 1.807) is 30.1 Å². The van der Waals surface area contributed by atoms with Gasteiger partial charge in [0.05, 0.1) is 24.1 Å². The SMILES string of the molecule is CC(O)CO.CN1C(=O)C(Cc2ccc3ccccc3c2)N=C(c2ccc(O)cc2)c2cc(Cl)ccc21. The average Bonchev–Trinajstić information content (AvgIpc) is 3.00. The van der Waals surface area contributed by atoms with Crippen LogP contribution in [0.1, 0.15) is 23.6 Å². The van der Waals surface area contributed by atoms with E-state index in [9.17, 15) is 9.90 Å². The molecular formula is C30H29ClN2O4. The molecule has 3 N–H and O–H groups in total. The molecule has 1 amide bonds. The monoisotopic (exact) mass is 516 g/mol. The minimum absolute atomic E-state index is 0.0736. The number of rotatable bonds is 4. The lowest BCUT2D eigenvalue weighted by Gasteiger charge is -2.20. The number of aromatic hydroxyl groups is 1. The molecule has 0 aromatic heterocycles. The van der Waals surface area contributed by atoms with Crippen molar-refractivity contribution in [2.45, 2.75) is 25.5 Å². The number of aliphatic hydroxyl groups is 2. The van der Waals surface area contributed by atoms with Crippen LogP contribution in [-0.4, -0.2) is 52.7 Å². The number of amides is 1. The van der Waals surface area contributed by atoms with Gasteiger partial charge >= 0.3 is 0 Å². The first-order valence-electron chi connectivity index (χ1n) is 12.0. The predicted octanol–water partition coefficient (Wildman–Crippen LogP) is 4.98. The van der Waals surface area contributed by atoms with Gasteiger partial charge in [-0.3, -0.25) is 9.79 Å². The summed E-state index contributed by atoms with van der Waals surface area (Å²) in [5, 5.41) is 28.6. The second kappa shape index (κ2) is 11.6. The van der Waals surface area contributed by atoms with Gasteiger partial charge in [-0.1, -0.05) is 54.1 Å². The zero-order chi connectivity index (χ0) is 26.5. The topological polar surface area (TPSA) is 93.4 Å². The number of phenols is 1. The molecule has 1 heterocycles. The highest BCUT2D eigenvalue weighted by Crippen LogP contribution is 2.31. The van der Waals surface area contributed by atoms with Crippen LogP contribution in [0.2, 0.25) is 5.02 Å². The number of hydrogen-bond acceptors (Lipinski definition) is 5. The van der Waals surface area contributed by atoms with Crippen molar-refractivity contribution >= 4 is 39.7 Å². The van der Waals surface area contributed by atoms with Crippen molar-refractivity contribution in [3.05, 3.63) is 107 Å². The molecule has 0 saturated heterocycles. The van der Waals surface area contributed by atoms with Crippen LogP contribution in [0.5, 0.6) is 5.75 Å². The third-order valence-corrected chi connectivity index (χ3v) is 6.36. The largest absolute Gasteiger partial charge is 0.508 e. The standard InChI is InChI=1S/C27H21ClN2O2.C3H8O2/c1-30-25-13-10-21(28)16-23(25)26(19-8-11-22(31)12-9-19)29-24(27(30)32)15-17-6-7-18-4-2-3-5-20(18)14-17;1-3(5)2-4/h2-14,16,24,31H,15H2,1H3;3-5H,2H2,1H3. The fourth-order valence-electron chi connectivity index (χ4n) is 4.18. The molecule has 0 aliphatic carbocycles. The van der Waals surface area contributed by atoms with E-state index in [1.165, 1.54) is 6.92 Å². The van der Waals surface area contributed by atoms with Gasteiger partial charge in [-0.2, -0.15) is 0 Å². The Balaban J connectivity index is 0.000000586. The van der Waals surface area contributed by atoms with Crippen molar-refractivity contribution in [3.8, 4) is 5.75 Å². The lowest BCUT2D eigenvalue weighted by molar-refractivity contribution is -0.119. The third-order valence-electron chi connectivity index (χ3n) is 6.12. The van der Waals surface area contributed by atoms with Crippen LogP contribution in [0, 0.1) is 0 Å². The van der Waals surface area contributed by atoms with Crippen molar-refractivity contribution < 1.29 is 20.1 Å².